The molecule has 4 rings (SSSR count). The van der Waals surface area contributed by atoms with E-state index >= 15 is 0 Å². The van der Waals surface area contributed by atoms with Gasteiger partial charge < -0.3 is 15.0 Å². The van der Waals surface area contributed by atoms with Gasteiger partial charge in [-0.1, -0.05) is 30.3 Å². The molecular weight excluding hydrogens is 345 g/mol. The fourth-order valence-corrected chi connectivity index (χ4v) is 2.81. The maximum atomic E-state index is 13.0. The number of hydrogen-bond acceptors (Lipinski definition) is 5. The van der Waals surface area contributed by atoms with Crippen LogP contribution in [0.3, 0.4) is 0 Å². The van der Waals surface area contributed by atoms with E-state index in [0.717, 1.165) is 28.6 Å². The molecule has 0 unspecified atom stereocenters. The highest BCUT2D eigenvalue weighted by Crippen LogP contribution is 2.23. The van der Waals surface area contributed by atoms with Crippen LogP contribution in [0, 0.1) is 5.82 Å². The van der Waals surface area contributed by atoms with Crippen molar-refractivity contribution in [3.05, 3.63) is 66.0 Å². The molecule has 0 aliphatic carbocycles. The summed E-state index contributed by atoms with van der Waals surface area (Å²) in [5, 5.41) is 4.26. The topological polar surface area (TPSA) is 75.7 Å². The monoisotopic (exact) mass is 363 g/mol. The number of halogens is 1. The lowest BCUT2D eigenvalue weighted by Gasteiger charge is -2.08. The number of benzene rings is 2. The fraction of sp³-hybridized carbons (Fsp3) is 0.150. The molecule has 2 aromatic heterocycles. The molecule has 2 N–H and O–H groups in total. The number of nitrogens with zero attached hydrogens (tertiary/aromatic N) is 3. The average Bonchev–Trinajstić information content (AvgIpc) is 3.13. The van der Waals surface area contributed by atoms with Crippen LogP contribution in [0.1, 0.15) is 5.56 Å². The van der Waals surface area contributed by atoms with Crippen molar-refractivity contribution in [2.75, 3.05) is 19.0 Å². The summed E-state index contributed by atoms with van der Waals surface area (Å²) in [4.78, 5) is 16.4. The lowest BCUT2D eigenvalue weighted by molar-refractivity contribution is 0.379. The first kappa shape index (κ1) is 17.0. The molecule has 27 heavy (non-hydrogen) atoms. The van der Waals surface area contributed by atoms with Crippen LogP contribution in [0.25, 0.3) is 22.4 Å². The smallest absolute Gasteiger partial charge is 0.321 e. The Balaban J connectivity index is 1.54. The Hall–Kier alpha value is -3.48. The molecule has 0 atom stereocenters. The second kappa shape index (κ2) is 7.41. The molecule has 2 heterocycles. The maximum absolute atomic E-state index is 13.0. The third-order valence-corrected chi connectivity index (χ3v) is 4.18. The largest absolute Gasteiger partial charge is 0.467 e. The van der Waals surface area contributed by atoms with Crippen molar-refractivity contribution in [3.63, 3.8) is 0 Å². The quantitative estimate of drug-likeness (QED) is 0.545. The van der Waals surface area contributed by atoms with E-state index in [0.29, 0.717) is 18.3 Å². The normalized spacial score (nSPS) is 10.9. The number of aromatic amines is 1. The summed E-state index contributed by atoms with van der Waals surface area (Å²) in [5.74, 6) is 0.692. The van der Waals surface area contributed by atoms with Gasteiger partial charge >= 0.3 is 6.01 Å². The zero-order valence-corrected chi connectivity index (χ0v) is 14.7. The summed E-state index contributed by atoms with van der Waals surface area (Å²) in [6, 6.07) is 16.6. The number of H-pyrrole nitrogens is 1. The standard InChI is InChI=1S/C20H18FN5O/c1-27-20-25-18(17-12-14-4-2-3-5-16(14)23-17)24-19(26-20)22-11-10-13-6-8-15(21)9-7-13/h2-9,12,23H,10-11H2,1H3,(H,22,24,25,26). The SMILES string of the molecule is COc1nc(NCCc2ccc(F)cc2)nc(-c2cc3ccccc3[nH]2)n1. The van der Waals surface area contributed by atoms with Crippen molar-refractivity contribution in [2.45, 2.75) is 6.42 Å². The molecule has 0 saturated carbocycles. The molecule has 0 bridgehead atoms. The van der Waals surface area contributed by atoms with Crippen molar-refractivity contribution >= 4 is 16.9 Å². The van der Waals surface area contributed by atoms with E-state index in [1.165, 1.54) is 19.2 Å². The Labute approximate surface area is 155 Å². The van der Waals surface area contributed by atoms with Crippen LogP contribution in [0.4, 0.5) is 10.3 Å². The van der Waals surface area contributed by atoms with Gasteiger partial charge in [0.1, 0.15) is 5.82 Å². The number of ether oxygens (including phenoxy) is 1. The minimum Gasteiger partial charge on any atom is -0.467 e. The van der Waals surface area contributed by atoms with Crippen molar-refractivity contribution in [1.29, 1.82) is 0 Å². The molecule has 7 heteroatoms. The number of para-hydroxylation sites is 1. The molecule has 0 aliphatic rings. The number of aromatic nitrogens is 4. The Kier molecular flexibility index (Phi) is 4.65. The highest BCUT2D eigenvalue weighted by atomic mass is 19.1. The summed E-state index contributed by atoms with van der Waals surface area (Å²) in [6.45, 7) is 0.602. The summed E-state index contributed by atoms with van der Waals surface area (Å²) in [7, 11) is 1.52. The Bertz CT molecular complexity index is 1030. The number of nitrogens with one attached hydrogen (secondary N) is 2. The molecule has 6 nitrogen and oxygen atoms in total. The Morgan fingerprint density at radius 3 is 2.63 bits per heavy atom. The van der Waals surface area contributed by atoms with E-state index in [-0.39, 0.29) is 11.8 Å². The van der Waals surface area contributed by atoms with E-state index in [4.69, 9.17) is 4.74 Å². The van der Waals surface area contributed by atoms with Crippen molar-refractivity contribution in [2.24, 2.45) is 0 Å². The van der Waals surface area contributed by atoms with Gasteiger partial charge in [0, 0.05) is 17.4 Å². The first-order chi connectivity index (χ1) is 13.2. The van der Waals surface area contributed by atoms with Gasteiger partial charge in [0.2, 0.25) is 5.95 Å². The van der Waals surface area contributed by atoms with Crippen LogP contribution in [0.5, 0.6) is 6.01 Å². The van der Waals surface area contributed by atoms with E-state index in [1.54, 1.807) is 12.1 Å². The lowest BCUT2D eigenvalue weighted by atomic mass is 10.1. The second-order valence-corrected chi connectivity index (χ2v) is 6.04. The zero-order chi connectivity index (χ0) is 18.6. The number of rotatable bonds is 6. The van der Waals surface area contributed by atoms with Crippen LogP contribution in [-0.4, -0.2) is 33.6 Å². The van der Waals surface area contributed by atoms with E-state index in [1.807, 2.05) is 30.3 Å². The number of anilines is 1. The Morgan fingerprint density at radius 1 is 1.04 bits per heavy atom. The van der Waals surface area contributed by atoms with Gasteiger partial charge in [-0.15, -0.1) is 0 Å². The average molecular weight is 363 g/mol. The second-order valence-electron chi connectivity index (χ2n) is 6.04. The highest BCUT2D eigenvalue weighted by molar-refractivity contribution is 5.84. The number of hydrogen-bond donors (Lipinski definition) is 2. The van der Waals surface area contributed by atoms with Crippen LogP contribution >= 0.6 is 0 Å². The van der Waals surface area contributed by atoms with Gasteiger partial charge in [-0.05, 0) is 36.2 Å². The summed E-state index contributed by atoms with van der Waals surface area (Å²) in [5.41, 5.74) is 2.83. The predicted octanol–water partition coefficient (Wildman–Crippen LogP) is 3.82. The summed E-state index contributed by atoms with van der Waals surface area (Å²) >= 11 is 0. The molecule has 0 saturated heterocycles. The molecule has 2 aromatic carbocycles. The van der Waals surface area contributed by atoms with Crippen molar-refractivity contribution in [1.82, 2.24) is 19.9 Å². The molecule has 0 radical (unpaired) electrons. The van der Waals surface area contributed by atoms with E-state index < -0.39 is 0 Å². The molecule has 0 aliphatic heterocycles. The number of methoxy groups -OCH3 is 1. The van der Waals surface area contributed by atoms with E-state index in [2.05, 4.69) is 25.3 Å². The van der Waals surface area contributed by atoms with E-state index in [9.17, 15) is 4.39 Å². The van der Waals surface area contributed by atoms with Gasteiger partial charge in [0.25, 0.3) is 0 Å². The molecular formula is C20H18FN5O. The minimum atomic E-state index is -0.239. The predicted molar refractivity (Wildman–Crippen MR) is 102 cm³/mol. The molecule has 4 aromatic rings. The van der Waals surface area contributed by atoms with Crippen LogP contribution in [-0.2, 0) is 6.42 Å². The maximum Gasteiger partial charge on any atom is 0.321 e. The van der Waals surface area contributed by atoms with Crippen molar-refractivity contribution < 1.29 is 9.13 Å². The van der Waals surface area contributed by atoms with Gasteiger partial charge in [-0.3, -0.25) is 0 Å². The first-order valence-corrected chi connectivity index (χ1v) is 8.58. The molecule has 0 spiro atoms. The highest BCUT2D eigenvalue weighted by Gasteiger charge is 2.11. The molecule has 136 valence electrons. The first-order valence-electron chi connectivity index (χ1n) is 8.58. The summed E-state index contributed by atoms with van der Waals surface area (Å²) in [6.07, 6.45) is 0.718. The summed E-state index contributed by atoms with van der Waals surface area (Å²) < 4.78 is 18.2. The molecule has 0 amide bonds. The third kappa shape index (κ3) is 3.87. The van der Waals surface area contributed by atoms with Gasteiger partial charge in [0.15, 0.2) is 5.82 Å². The van der Waals surface area contributed by atoms with Crippen LogP contribution < -0.4 is 10.1 Å². The lowest BCUT2D eigenvalue weighted by Crippen LogP contribution is -2.10. The Morgan fingerprint density at radius 2 is 1.85 bits per heavy atom. The zero-order valence-electron chi connectivity index (χ0n) is 14.7. The van der Waals surface area contributed by atoms with Crippen LogP contribution in [0.15, 0.2) is 54.6 Å². The minimum absolute atomic E-state index is 0.239. The van der Waals surface area contributed by atoms with Gasteiger partial charge in [-0.25, -0.2) is 4.39 Å². The van der Waals surface area contributed by atoms with Gasteiger partial charge in [0.05, 0.1) is 12.8 Å². The molecule has 0 fully saturated rings. The third-order valence-electron chi connectivity index (χ3n) is 4.18. The van der Waals surface area contributed by atoms with Gasteiger partial charge in [-0.2, -0.15) is 15.0 Å². The van der Waals surface area contributed by atoms with Crippen molar-refractivity contribution in [3.8, 4) is 17.5 Å². The fourth-order valence-electron chi connectivity index (χ4n) is 2.81. The van der Waals surface area contributed by atoms with Crippen LogP contribution in [0.2, 0.25) is 0 Å². The number of fused-ring (bicyclic) bond motifs is 1.